The normalized spacial score (nSPS) is 10.1. The lowest BCUT2D eigenvalue weighted by Crippen LogP contribution is -2.36. The average Bonchev–Trinajstić information content (AvgIpc) is 2.49. The molecule has 0 saturated carbocycles. The summed E-state index contributed by atoms with van der Waals surface area (Å²) in [6.45, 7) is 5.34. The summed E-state index contributed by atoms with van der Waals surface area (Å²) in [6.07, 6.45) is 0. The lowest BCUT2D eigenvalue weighted by atomic mass is 10.1. The highest BCUT2D eigenvalue weighted by Crippen LogP contribution is 2.20. The monoisotopic (exact) mass is 296 g/mol. The van der Waals surface area contributed by atoms with Gasteiger partial charge in [0.05, 0.1) is 0 Å². The van der Waals surface area contributed by atoms with E-state index in [9.17, 15) is 9.59 Å². The zero-order chi connectivity index (χ0) is 16.1. The Hall–Kier alpha value is -2.62. The van der Waals surface area contributed by atoms with E-state index < -0.39 is 0 Å². The molecule has 2 aromatic rings. The Morgan fingerprint density at radius 3 is 2.09 bits per heavy atom. The smallest absolute Gasteiger partial charge is 0.244 e. The van der Waals surface area contributed by atoms with E-state index in [-0.39, 0.29) is 18.4 Å². The van der Waals surface area contributed by atoms with Crippen molar-refractivity contribution >= 4 is 23.2 Å². The quantitative estimate of drug-likeness (QED) is 0.941. The molecule has 2 amide bonds. The number of hydrogen-bond acceptors (Lipinski definition) is 2. The van der Waals surface area contributed by atoms with Crippen molar-refractivity contribution in [3.63, 3.8) is 0 Å². The van der Waals surface area contributed by atoms with Crippen LogP contribution in [0.2, 0.25) is 0 Å². The van der Waals surface area contributed by atoms with Crippen LogP contribution in [-0.2, 0) is 9.59 Å². The molecule has 0 unspecified atom stereocenters. The third kappa shape index (κ3) is 3.73. The lowest BCUT2D eigenvalue weighted by Gasteiger charge is -2.21. The van der Waals surface area contributed by atoms with Gasteiger partial charge < -0.3 is 10.2 Å². The van der Waals surface area contributed by atoms with Crippen LogP contribution in [0.4, 0.5) is 11.4 Å². The van der Waals surface area contributed by atoms with Crippen molar-refractivity contribution in [1.29, 1.82) is 0 Å². The molecule has 0 saturated heterocycles. The molecule has 22 heavy (non-hydrogen) atoms. The highest BCUT2D eigenvalue weighted by atomic mass is 16.2. The Labute approximate surface area is 130 Å². The minimum atomic E-state index is -0.212. The van der Waals surface area contributed by atoms with E-state index >= 15 is 0 Å². The van der Waals surface area contributed by atoms with Crippen molar-refractivity contribution in [2.45, 2.75) is 20.8 Å². The van der Waals surface area contributed by atoms with Gasteiger partial charge in [-0.05, 0) is 37.1 Å². The molecule has 114 valence electrons. The number of para-hydroxylation sites is 2. The molecular weight excluding hydrogens is 276 g/mol. The fourth-order valence-electron chi connectivity index (χ4n) is 2.33. The van der Waals surface area contributed by atoms with Crippen LogP contribution < -0.4 is 10.2 Å². The summed E-state index contributed by atoms with van der Waals surface area (Å²) in [5.74, 6) is -0.376. The second-order valence-electron chi connectivity index (χ2n) is 5.26. The second kappa shape index (κ2) is 6.89. The predicted octanol–water partition coefficient (Wildman–Crippen LogP) is 3.30. The number of amides is 2. The number of hydrogen-bond donors (Lipinski definition) is 1. The van der Waals surface area contributed by atoms with Gasteiger partial charge >= 0.3 is 0 Å². The Bertz CT molecular complexity index is 660. The lowest BCUT2D eigenvalue weighted by molar-refractivity contribution is -0.120. The van der Waals surface area contributed by atoms with Crippen molar-refractivity contribution in [3.8, 4) is 0 Å². The maximum Gasteiger partial charge on any atom is 0.244 e. The van der Waals surface area contributed by atoms with Gasteiger partial charge in [0.15, 0.2) is 0 Å². The first kappa shape index (κ1) is 15.8. The number of nitrogens with zero attached hydrogens (tertiary/aromatic N) is 1. The molecule has 0 radical (unpaired) electrons. The van der Waals surface area contributed by atoms with E-state index in [0.717, 1.165) is 16.8 Å². The molecule has 4 nitrogen and oxygen atoms in total. The van der Waals surface area contributed by atoms with Crippen LogP contribution in [0.25, 0.3) is 0 Å². The number of benzene rings is 2. The molecule has 1 N–H and O–H groups in total. The topological polar surface area (TPSA) is 49.4 Å². The third-order valence-corrected chi connectivity index (χ3v) is 3.50. The SMILES string of the molecule is CC(=O)N(CC(=O)Nc1c(C)cccc1C)c1ccccc1. The maximum atomic E-state index is 12.3. The molecule has 4 heteroatoms. The number of carbonyl (C=O) groups excluding carboxylic acids is 2. The average molecular weight is 296 g/mol. The number of rotatable bonds is 4. The van der Waals surface area contributed by atoms with E-state index in [4.69, 9.17) is 0 Å². The first-order valence-corrected chi connectivity index (χ1v) is 7.18. The largest absolute Gasteiger partial charge is 0.324 e. The van der Waals surface area contributed by atoms with Gasteiger partial charge in [0.2, 0.25) is 11.8 Å². The molecule has 0 aliphatic heterocycles. The highest BCUT2D eigenvalue weighted by molar-refractivity contribution is 6.02. The minimum Gasteiger partial charge on any atom is -0.324 e. The summed E-state index contributed by atoms with van der Waals surface area (Å²) in [6, 6.07) is 15.0. The first-order valence-electron chi connectivity index (χ1n) is 7.18. The van der Waals surface area contributed by atoms with Crippen molar-refractivity contribution in [3.05, 3.63) is 59.7 Å². The van der Waals surface area contributed by atoms with E-state index in [1.165, 1.54) is 11.8 Å². The van der Waals surface area contributed by atoms with Gasteiger partial charge in [-0.25, -0.2) is 0 Å². The van der Waals surface area contributed by atoms with Gasteiger partial charge in [0.1, 0.15) is 6.54 Å². The van der Waals surface area contributed by atoms with E-state index in [2.05, 4.69) is 5.32 Å². The zero-order valence-electron chi connectivity index (χ0n) is 13.1. The fourth-order valence-corrected chi connectivity index (χ4v) is 2.33. The molecule has 0 spiro atoms. The van der Waals surface area contributed by atoms with Crippen molar-refractivity contribution in [2.75, 3.05) is 16.8 Å². The van der Waals surface area contributed by atoms with Gasteiger partial charge in [-0.1, -0.05) is 36.4 Å². The standard InChI is InChI=1S/C18H20N2O2/c1-13-8-7-9-14(2)18(13)19-17(22)12-20(15(3)21)16-10-5-4-6-11-16/h4-11H,12H2,1-3H3,(H,19,22). The van der Waals surface area contributed by atoms with Crippen LogP contribution in [0.1, 0.15) is 18.1 Å². The minimum absolute atomic E-state index is 0.00682. The summed E-state index contributed by atoms with van der Waals surface area (Å²) >= 11 is 0. The molecule has 0 fully saturated rings. The molecule has 0 atom stereocenters. The summed E-state index contributed by atoms with van der Waals surface area (Å²) in [4.78, 5) is 25.6. The predicted molar refractivity (Wildman–Crippen MR) is 89.0 cm³/mol. The van der Waals surface area contributed by atoms with Crippen molar-refractivity contribution in [1.82, 2.24) is 0 Å². The number of nitrogens with one attached hydrogen (secondary N) is 1. The Morgan fingerprint density at radius 1 is 0.955 bits per heavy atom. The molecule has 0 bridgehead atoms. The van der Waals surface area contributed by atoms with E-state index in [0.29, 0.717) is 5.69 Å². The number of carbonyl (C=O) groups is 2. The van der Waals surface area contributed by atoms with E-state index in [1.54, 1.807) is 0 Å². The third-order valence-electron chi connectivity index (χ3n) is 3.50. The Morgan fingerprint density at radius 2 is 1.55 bits per heavy atom. The number of anilines is 2. The molecule has 0 aromatic heterocycles. The van der Waals surface area contributed by atoms with Gasteiger partial charge in [-0.15, -0.1) is 0 Å². The Kier molecular flexibility index (Phi) is 4.94. The molecule has 0 heterocycles. The number of aryl methyl sites for hydroxylation is 2. The zero-order valence-corrected chi connectivity index (χ0v) is 13.1. The summed E-state index contributed by atoms with van der Waals surface area (Å²) in [7, 11) is 0. The maximum absolute atomic E-state index is 12.3. The van der Waals surface area contributed by atoms with Crippen LogP contribution in [0.5, 0.6) is 0 Å². The van der Waals surface area contributed by atoms with Gasteiger partial charge in [-0.3, -0.25) is 9.59 Å². The molecule has 0 aliphatic carbocycles. The van der Waals surface area contributed by atoms with Crippen LogP contribution in [-0.4, -0.2) is 18.4 Å². The van der Waals surface area contributed by atoms with Crippen molar-refractivity contribution < 1.29 is 9.59 Å². The Balaban J connectivity index is 2.14. The summed E-state index contributed by atoms with van der Waals surface area (Å²) in [5.41, 5.74) is 3.53. The fraction of sp³-hybridized carbons (Fsp3) is 0.222. The van der Waals surface area contributed by atoms with Crippen LogP contribution in [0, 0.1) is 13.8 Å². The van der Waals surface area contributed by atoms with Gasteiger partial charge in [0, 0.05) is 18.3 Å². The van der Waals surface area contributed by atoms with Gasteiger partial charge in [0.25, 0.3) is 0 Å². The molecule has 2 aromatic carbocycles. The summed E-state index contributed by atoms with van der Waals surface area (Å²) in [5, 5.41) is 2.90. The van der Waals surface area contributed by atoms with Crippen molar-refractivity contribution in [2.24, 2.45) is 0 Å². The van der Waals surface area contributed by atoms with E-state index in [1.807, 2.05) is 62.4 Å². The highest BCUT2D eigenvalue weighted by Gasteiger charge is 2.16. The second-order valence-corrected chi connectivity index (χ2v) is 5.26. The molecule has 2 rings (SSSR count). The summed E-state index contributed by atoms with van der Waals surface area (Å²) < 4.78 is 0. The van der Waals surface area contributed by atoms with Gasteiger partial charge in [-0.2, -0.15) is 0 Å². The molecule has 0 aliphatic rings. The first-order chi connectivity index (χ1) is 10.5. The molecular formula is C18H20N2O2. The van der Waals surface area contributed by atoms with Crippen LogP contribution >= 0.6 is 0 Å². The van der Waals surface area contributed by atoms with Crippen LogP contribution in [0.3, 0.4) is 0 Å². The van der Waals surface area contributed by atoms with Crippen LogP contribution in [0.15, 0.2) is 48.5 Å².